The van der Waals surface area contributed by atoms with Crippen LogP contribution in [0.25, 0.3) is 0 Å². The molecule has 0 bridgehead atoms. The quantitative estimate of drug-likeness (QED) is 0.0455. The van der Waals surface area contributed by atoms with Gasteiger partial charge in [0.25, 0.3) is 0 Å². The molecular formula is C40H75N3O8. The Bertz CT molecular complexity index is 905. The third-order valence-corrected chi connectivity index (χ3v) is 7.54. The Labute approximate surface area is 310 Å². The topological polar surface area (TPSA) is 159 Å². The molecule has 51 heavy (non-hydrogen) atoms. The van der Waals surface area contributed by atoms with Gasteiger partial charge in [-0.2, -0.15) is 0 Å². The van der Waals surface area contributed by atoms with Crippen molar-refractivity contribution in [1.29, 1.82) is 0 Å². The van der Waals surface area contributed by atoms with E-state index < -0.39 is 23.9 Å². The van der Waals surface area contributed by atoms with E-state index in [1.54, 1.807) is 0 Å². The summed E-state index contributed by atoms with van der Waals surface area (Å²) < 4.78 is 0. The number of carboxylic acids is 4. The van der Waals surface area contributed by atoms with Crippen LogP contribution in [0.3, 0.4) is 0 Å². The van der Waals surface area contributed by atoms with Gasteiger partial charge in [-0.25, -0.2) is 19.2 Å². The van der Waals surface area contributed by atoms with Crippen molar-refractivity contribution in [2.45, 2.75) is 122 Å². The van der Waals surface area contributed by atoms with Crippen molar-refractivity contribution in [3.8, 4) is 0 Å². The van der Waals surface area contributed by atoms with Gasteiger partial charge >= 0.3 is 23.9 Å². The fourth-order valence-corrected chi connectivity index (χ4v) is 4.26. The number of carbonyl (C=O) groups is 4. The highest BCUT2D eigenvalue weighted by molar-refractivity contribution is 5.86. The van der Waals surface area contributed by atoms with Crippen LogP contribution in [0.2, 0.25) is 0 Å². The van der Waals surface area contributed by atoms with Crippen LogP contribution >= 0.6 is 0 Å². The van der Waals surface area contributed by atoms with Crippen LogP contribution in [0.15, 0.2) is 48.6 Å². The fraction of sp³-hybridized carbons (Fsp3) is 0.700. The smallest absolute Gasteiger partial charge is 0.330 e. The Morgan fingerprint density at radius 3 is 0.765 bits per heavy atom. The third-order valence-electron chi connectivity index (χ3n) is 7.54. The summed E-state index contributed by atoms with van der Waals surface area (Å²) in [4.78, 5) is 47.4. The lowest BCUT2D eigenvalue weighted by Crippen LogP contribution is -2.13. The molecule has 0 aliphatic carbocycles. The lowest BCUT2D eigenvalue weighted by molar-refractivity contribution is -0.133. The fourth-order valence-electron chi connectivity index (χ4n) is 4.26. The van der Waals surface area contributed by atoms with E-state index in [0.29, 0.717) is 48.0 Å². The van der Waals surface area contributed by atoms with Crippen LogP contribution < -0.4 is 0 Å². The molecule has 11 nitrogen and oxygen atoms in total. The van der Waals surface area contributed by atoms with Crippen LogP contribution in [0.1, 0.15) is 122 Å². The summed E-state index contributed by atoms with van der Waals surface area (Å²) in [6.45, 7) is 18.8. The Kier molecular flexibility index (Phi) is 40.6. The molecule has 0 saturated heterocycles. The second-order valence-electron chi connectivity index (χ2n) is 13.6. The van der Waals surface area contributed by atoms with E-state index in [0.717, 1.165) is 51.7 Å². The summed E-state index contributed by atoms with van der Waals surface area (Å²) in [5, 5.41) is 33.9. The second-order valence-corrected chi connectivity index (χ2v) is 13.6. The summed E-state index contributed by atoms with van der Waals surface area (Å²) in [5.74, 6) is -3.50. The van der Waals surface area contributed by atoms with Crippen LogP contribution in [0.5, 0.6) is 0 Å². The van der Waals surface area contributed by atoms with E-state index in [1.165, 1.54) is 57.8 Å². The van der Waals surface area contributed by atoms with Gasteiger partial charge in [-0.1, -0.05) is 97.4 Å². The van der Waals surface area contributed by atoms with Gasteiger partial charge in [0.2, 0.25) is 0 Å². The number of aliphatic carboxylic acids is 4. The Morgan fingerprint density at radius 1 is 0.373 bits per heavy atom. The molecule has 0 unspecified atom stereocenters. The summed E-state index contributed by atoms with van der Waals surface area (Å²) in [7, 11) is 11.8. The van der Waals surface area contributed by atoms with E-state index in [2.05, 4.69) is 33.2 Å². The maximum absolute atomic E-state index is 10.5. The molecule has 0 aromatic heterocycles. The summed E-state index contributed by atoms with van der Waals surface area (Å²) in [5.41, 5.74) is 1.25. The van der Waals surface area contributed by atoms with Crippen LogP contribution in [0, 0.1) is 0 Å². The number of unbranched alkanes of at least 4 members (excludes halogenated alkanes) is 10. The van der Waals surface area contributed by atoms with Crippen molar-refractivity contribution < 1.29 is 39.6 Å². The summed E-state index contributed by atoms with van der Waals surface area (Å²) in [6.07, 6.45) is 19.2. The molecule has 0 aromatic carbocycles. The van der Waals surface area contributed by atoms with E-state index in [1.807, 2.05) is 57.0 Å². The Morgan fingerprint density at radius 2 is 0.569 bits per heavy atom. The second kappa shape index (κ2) is 38.0. The monoisotopic (exact) mass is 726 g/mol. The predicted molar refractivity (Wildman–Crippen MR) is 212 cm³/mol. The Balaban J connectivity index is -0.000000297. The highest BCUT2D eigenvalue weighted by Crippen LogP contribution is 2.13. The first kappa shape index (κ1) is 54.5. The van der Waals surface area contributed by atoms with Crippen molar-refractivity contribution in [3.63, 3.8) is 0 Å². The molecule has 0 radical (unpaired) electrons. The standard InChI is InChI=1S/C16H30O2.3C8H15NO2/c1-3-4-5-6-7-8-9-10-11-12-13-14-15(2)16(17)18;3*1-7(8(10)11)5-4-6-9(2)3/h2-14H2,1H3,(H,17,18);3*1,4-6H2,2-3H3,(H,10,11). The van der Waals surface area contributed by atoms with Crippen LogP contribution in [-0.2, 0) is 19.2 Å². The van der Waals surface area contributed by atoms with Gasteiger partial charge in [-0.3, -0.25) is 0 Å². The molecular weight excluding hydrogens is 650 g/mol. The zero-order valence-corrected chi connectivity index (χ0v) is 33.4. The minimum absolute atomic E-state index is 0.298. The molecule has 0 fully saturated rings. The molecule has 4 N–H and O–H groups in total. The molecule has 0 saturated carbocycles. The number of rotatable bonds is 28. The first-order chi connectivity index (χ1) is 23.8. The summed E-state index contributed by atoms with van der Waals surface area (Å²) in [6, 6.07) is 0. The predicted octanol–water partition coefficient (Wildman–Crippen LogP) is 8.24. The van der Waals surface area contributed by atoms with Crippen molar-refractivity contribution in [1.82, 2.24) is 14.7 Å². The van der Waals surface area contributed by atoms with E-state index in [4.69, 9.17) is 20.4 Å². The Hall–Kier alpha value is -3.28. The number of hydrogen-bond donors (Lipinski definition) is 4. The minimum atomic E-state index is -0.885. The van der Waals surface area contributed by atoms with E-state index in [9.17, 15) is 19.2 Å². The SMILES string of the molecule is C=C(CCCCCCCCCCCCC)C(=O)O.C=C(CCCN(C)C)C(=O)O.C=C(CCCN(C)C)C(=O)O.C=C(CCCN(C)C)C(=O)O. The average Bonchev–Trinajstić information content (AvgIpc) is 3.03. The van der Waals surface area contributed by atoms with Crippen LogP contribution in [-0.4, -0.2) is 121 Å². The maximum atomic E-state index is 10.5. The molecule has 0 aliphatic heterocycles. The zero-order chi connectivity index (χ0) is 40.2. The van der Waals surface area contributed by atoms with Crippen molar-refractivity contribution >= 4 is 23.9 Å². The molecule has 0 aromatic rings. The lowest BCUT2D eigenvalue weighted by atomic mass is 10.0. The van der Waals surface area contributed by atoms with Crippen molar-refractivity contribution in [3.05, 3.63) is 48.6 Å². The van der Waals surface area contributed by atoms with Crippen LogP contribution in [0.4, 0.5) is 0 Å². The van der Waals surface area contributed by atoms with Crippen molar-refractivity contribution in [2.24, 2.45) is 0 Å². The summed E-state index contributed by atoms with van der Waals surface area (Å²) >= 11 is 0. The van der Waals surface area contributed by atoms with Gasteiger partial charge < -0.3 is 35.1 Å². The highest BCUT2D eigenvalue weighted by atomic mass is 16.4. The average molecular weight is 726 g/mol. The first-order valence-corrected chi connectivity index (χ1v) is 18.4. The van der Waals surface area contributed by atoms with Gasteiger partial charge in [0.15, 0.2) is 0 Å². The molecule has 0 amide bonds. The molecule has 298 valence electrons. The largest absolute Gasteiger partial charge is 0.478 e. The normalized spacial score (nSPS) is 10.2. The zero-order valence-electron chi connectivity index (χ0n) is 33.4. The maximum Gasteiger partial charge on any atom is 0.330 e. The first-order valence-electron chi connectivity index (χ1n) is 18.4. The number of hydrogen-bond acceptors (Lipinski definition) is 7. The minimum Gasteiger partial charge on any atom is -0.478 e. The van der Waals surface area contributed by atoms with Crippen molar-refractivity contribution in [2.75, 3.05) is 61.9 Å². The number of carboxylic acid groups (broad SMARTS) is 4. The van der Waals surface area contributed by atoms with Gasteiger partial charge in [0.05, 0.1) is 0 Å². The lowest BCUT2D eigenvalue weighted by Gasteiger charge is -2.08. The molecule has 0 spiro atoms. The van der Waals surface area contributed by atoms with E-state index >= 15 is 0 Å². The molecule has 0 atom stereocenters. The van der Waals surface area contributed by atoms with Gasteiger partial charge in [0.1, 0.15) is 0 Å². The van der Waals surface area contributed by atoms with E-state index in [-0.39, 0.29) is 0 Å². The number of nitrogens with zero attached hydrogens (tertiary/aromatic N) is 3. The van der Waals surface area contributed by atoms with Gasteiger partial charge in [-0.15, -0.1) is 0 Å². The third kappa shape index (κ3) is 48.9. The molecule has 11 heteroatoms. The molecule has 0 aliphatic rings. The van der Waals surface area contributed by atoms with Gasteiger partial charge in [-0.05, 0) is 113 Å². The highest BCUT2D eigenvalue weighted by Gasteiger charge is 2.05. The molecule has 0 heterocycles. The molecule has 0 rings (SSSR count). The van der Waals surface area contributed by atoms with Gasteiger partial charge in [0, 0.05) is 22.3 Å².